The van der Waals surface area contributed by atoms with Crippen LogP contribution in [0.25, 0.3) is 0 Å². The van der Waals surface area contributed by atoms with Crippen LogP contribution in [0.3, 0.4) is 0 Å². The molecule has 2 aliphatic rings. The molecule has 2 fully saturated rings. The van der Waals surface area contributed by atoms with Crippen molar-refractivity contribution in [3.8, 4) is 0 Å². The summed E-state index contributed by atoms with van der Waals surface area (Å²) < 4.78 is 0. The zero-order valence-electron chi connectivity index (χ0n) is 17.4. The van der Waals surface area contributed by atoms with Gasteiger partial charge in [0.05, 0.1) is 0 Å². The molecule has 0 bridgehead atoms. The molecule has 1 amide bonds. The lowest BCUT2D eigenvalue weighted by molar-refractivity contribution is -0.134. The quantitative estimate of drug-likeness (QED) is 0.794. The van der Waals surface area contributed by atoms with Gasteiger partial charge in [0, 0.05) is 50.5 Å². The number of hydrogen-bond acceptors (Lipinski definition) is 5. The molecule has 0 N–H and O–H groups in total. The molecule has 6 heteroatoms. The first-order valence-corrected chi connectivity index (χ1v) is 10.4. The van der Waals surface area contributed by atoms with Gasteiger partial charge in [0.2, 0.25) is 11.9 Å². The molecule has 6 nitrogen and oxygen atoms in total. The van der Waals surface area contributed by atoms with Crippen molar-refractivity contribution in [3.05, 3.63) is 17.5 Å². The highest BCUT2D eigenvalue weighted by Gasteiger charge is 2.28. The molecule has 0 saturated carbocycles. The van der Waals surface area contributed by atoms with Crippen molar-refractivity contribution < 1.29 is 4.79 Å². The first kappa shape index (κ1) is 20.1. The monoisotopic (exact) mass is 373 g/mol. The van der Waals surface area contributed by atoms with Gasteiger partial charge in [-0.15, -0.1) is 0 Å². The fourth-order valence-corrected chi connectivity index (χ4v) is 4.52. The van der Waals surface area contributed by atoms with Crippen LogP contribution in [0.1, 0.15) is 43.5 Å². The van der Waals surface area contributed by atoms with Crippen LogP contribution in [0, 0.1) is 25.7 Å². The van der Waals surface area contributed by atoms with Crippen LogP contribution in [0.5, 0.6) is 0 Å². The number of aromatic nitrogens is 2. The van der Waals surface area contributed by atoms with E-state index in [0.29, 0.717) is 24.2 Å². The van der Waals surface area contributed by atoms with Crippen LogP contribution < -0.4 is 4.90 Å². The van der Waals surface area contributed by atoms with Crippen LogP contribution in [0.4, 0.5) is 5.95 Å². The van der Waals surface area contributed by atoms with Crippen molar-refractivity contribution in [2.45, 2.75) is 46.0 Å². The van der Waals surface area contributed by atoms with Gasteiger partial charge in [0.1, 0.15) is 0 Å². The van der Waals surface area contributed by atoms with E-state index in [2.05, 4.69) is 38.8 Å². The maximum absolute atomic E-state index is 12.8. The first-order valence-electron chi connectivity index (χ1n) is 10.4. The number of piperidine rings is 2. The first-order chi connectivity index (χ1) is 12.9. The maximum Gasteiger partial charge on any atom is 0.225 e. The number of rotatable bonds is 5. The highest BCUT2D eigenvalue weighted by atomic mass is 16.2. The van der Waals surface area contributed by atoms with E-state index in [1.165, 1.54) is 6.42 Å². The normalized spacial score (nSPS) is 21.7. The van der Waals surface area contributed by atoms with E-state index in [-0.39, 0.29) is 0 Å². The lowest BCUT2D eigenvalue weighted by atomic mass is 9.91. The van der Waals surface area contributed by atoms with Crippen molar-refractivity contribution in [2.24, 2.45) is 11.8 Å². The molecule has 3 heterocycles. The number of carbonyl (C=O) groups is 1. The minimum absolute atomic E-state index is 0.361. The summed E-state index contributed by atoms with van der Waals surface area (Å²) in [5.74, 6) is 2.33. The Balaban J connectivity index is 1.48. The van der Waals surface area contributed by atoms with E-state index >= 15 is 0 Å². The number of nitrogens with zero attached hydrogens (tertiary/aromatic N) is 5. The average molecular weight is 374 g/mol. The molecule has 1 aromatic heterocycles. The summed E-state index contributed by atoms with van der Waals surface area (Å²) >= 11 is 0. The Morgan fingerprint density at radius 1 is 1.07 bits per heavy atom. The fraction of sp³-hybridized carbons (Fsp3) is 0.762. The second-order valence-electron chi connectivity index (χ2n) is 8.70. The Morgan fingerprint density at radius 2 is 1.74 bits per heavy atom. The zero-order chi connectivity index (χ0) is 19.4. The number of amides is 1. The minimum atomic E-state index is 0.361. The molecule has 1 aromatic rings. The SMILES string of the molecule is Cc1cc(C)nc(N2CCC(CC(=O)N3CCC[C@H](CN(C)C)C3)CC2)n1. The van der Waals surface area contributed by atoms with E-state index < -0.39 is 0 Å². The highest BCUT2D eigenvalue weighted by Crippen LogP contribution is 2.25. The van der Waals surface area contributed by atoms with E-state index in [9.17, 15) is 4.79 Å². The Morgan fingerprint density at radius 3 is 2.37 bits per heavy atom. The highest BCUT2D eigenvalue weighted by molar-refractivity contribution is 5.76. The summed E-state index contributed by atoms with van der Waals surface area (Å²) in [6, 6.07) is 2.01. The summed E-state index contributed by atoms with van der Waals surface area (Å²) in [6.45, 7) is 8.90. The second kappa shape index (κ2) is 9.00. The summed E-state index contributed by atoms with van der Waals surface area (Å²) in [4.78, 5) is 28.6. The van der Waals surface area contributed by atoms with Gasteiger partial charge in [-0.1, -0.05) is 0 Å². The third-order valence-electron chi connectivity index (χ3n) is 5.83. The summed E-state index contributed by atoms with van der Waals surface area (Å²) in [7, 11) is 4.24. The van der Waals surface area contributed by atoms with E-state index in [1.54, 1.807) is 0 Å². The lowest BCUT2D eigenvalue weighted by Crippen LogP contribution is -2.44. The molecule has 2 saturated heterocycles. The van der Waals surface area contributed by atoms with Gasteiger partial charge in [0.15, 0.2) is 0 Å². The zero-order valence-corrected chi connectivity index (χ0v) is 17.4. The van der Waals surface area contributed by atoms with Gasteiger partial charge in [-0.25, -0.2) is 9.97 Å². The molecular formula is C21H35N5O. The Hall–Kier alpha value is -1.69. The third kappa shape index (κ3) is 5.64. The van der Waals surface area contributed by atoms with Crippen LogP contribution >= 0.6 is 0 Å². The predicted octanol–water partition coefficient (Wildman–Crippen LogP) is 2.50. The summed E-state index contributed by atoms with van der Waals surface area (Å²) in [5, 5.41) is 0. The largest absolute Gasteiger partial charge is 0.342 e. The van der Waals surface area contributed by atoms with Crippen LogP contribution in [0.15, 0.2) is 6.07 Å². The number of aryl methyl sites for hydroxylation is 2. The predicted molar refractivity (Wildman–Crippen MR) is 109 cm³/mol. The fourth-order valence-electron chi connectivity index (χ4n) is 4.52. The van der Waals surface area contributed by atoms with E-state index in [0.717, 1.165) is 69.3 Å². The van der Waals surface area contributed by atoms with Crippen molar-refractivity contribution in [1.82, 2.24) is 19.8 Å². The van der Waals surface area contributed by atoms with Crippen molar-refractivity contribution in [2.75, 3.05) is 51.7 Å². The molecule has 1 atom stereocenters. The topological polar surface area (TPSA) is 52.6 Å². The number of hydrogen-bond donors (Lipinski definition) is 0. The molecule has 0 radical (unpaired) electrons. The van der Waals surface area contributed by atoms with Crippen molar-refractivity contribution >= 4 is 11.9 Å². The van der Waals surface area contributed by atoms with Crippen LogP contribution in [-0.2, 0) is 4.79 Å². The van der Waals surface area contributed by atoms with Gasteiger partial charge < -0.3 is 14.7 Å². The van der Waals surface area contributed by atoms with Crippen LogP contribution in [-0.4, -0.2) is 72.5 Å². The average Bonchev–Trinajstić information content (AvgIpc) is 2.61. The molecular weight excluding hydrogens is 338 g/mol. The van der Waals surface area contributed by atoms with Gasteiger partial charge in [-0.05, 0) is 71.5 Å². The van der Waals surface area contributed by atoms with Gasteiger partial charge >= 0.3 is 0 Å². The van der Waals surface area contributed by atoms with E-state index in [4.69, 9.17) is 0 Å². The molecule has 0 aliphatic carbocycles. The number of anilines is 1. The van der Waals surface area contributed by atoms with Gasteiger partial charge in [0.25, 0.3) is 0 Å². The van der Waals surface area contributed by atoms with Gasteiger partial charge in [-0.2, -0.15) is 0 Å². The second-order valence-corrected chi connectivity index (χ2v) is 8.70. The standard InChI is InChI=1S/C21H35N5O/c1-16-12-17(2)23-21(22-16)25-10-7-18(8-11-25)13-20(27)26-9-5-6-19(15-26)14-24(3)4/h12,18-19H,5-11,13-15H2,1-4H3/t19-/m1/s1. The number of likely N-dealkylation sites (tertiary alicyclic amines) is 1. The smallest absolute Gasteiger partial charge is 0.225 e. The van der Waals surface area contributed by atoms with E-state index in [1.807, 2.05) is 19.9 Å². The molecule has 3 rings (SSSR count). The molecule has 0 aromatic carbocycles. The number of carbonyl (C=O) groups excluding carboxylic acids is 1. The Bertz CT molecular complexity index is 619. The van der Waals surface area contributed by atoms with Gasteiger partial charge in [-0.3, -0.25) is 4.79 Å². The summed E-state index contributed by atoms with van der Waals surface area (Å²) in [6.07, 6.45) is 5.20. The Kier molecular flexibility index (Phi) is 6.68. The minimum Gasteiger partial charge on any atom is -0.342 e. The molecule has 2 aliphatic heterocycles. The maximum atomic E-state index is 12.8. The van der Waals surface area contributed by atoms with Crippen LogP contribution in [0.2, 0.25) is 0 Å². The molecule has 27 heavy (non-hydrogen) atoms. The molecule has 0 unspecified atom stereocenters. The third-order valence-corrected chi connectivity index (χ3v) is 5.83. The molecule has 150 valence electrons. The Labute approximate surface area is 164 Å². The lowest BCUT2D eigenvalue weighted by Gasteiger charge is -2.36. The summed E-state index contributed by atoms with van der Waals surface area (Å²) in [5.41, 5.74) is 2.04. The van der Waals surface area contributed by atoms with Crippen molar-refractivity contribution in [3.63, 3.8) is 0 Å². The molecule has 0 spiro atoms. The van der Waals surface area contributed by atoms with Crippen molar-refractivity contribution in [1.29, 1.82) is 0 Å².